The highest BCUT2D eigenvalue weighted by molar-refractivity contribution is 6.31. The van der Waals surface area contributed by atoms with E-state index < -0.39 is 6.10 Å². The van der Waals surface area contributed by atoms with E-state index >= 15 is 0 Å². The molecule has 6 heteroatoms. The summed E-state index contributed by atoms with van der Waals surface area (Å²) in [6, 6.07) is 4.93. The normalized spacial score (nSPS) is 16.0. The molecule has 126 valence electrons. The molecule has 5 nitrogen and oxygen atoms in total. The molecule has 0 radical (unpaired) electrons. The molecule has 1 aromatic rings. The van der Waals surface area contributed by atoms with Crippen LogP contribution in [0.4, 0.5) is 5.69 Å². The van der Waals surface area contributed by atoms with Gasteiger partial charge in [0.25, 0.3) is 5.91 Å². The fourth-order valence-electron chi connectivity index (χ4n) is 2.59. The highest BCUT2D eigenvalue weighted by Gasteiger charge is 2.26. The molecule has 2 N–H and O–H groups in total. The number of nitrogens with one attached hydrogen (secondary N) is 1. The molecule has 2 amide bonds. The maximum atomic E-state index is 12.4. The molecule has 0 aromatic heterocycles. The summed E-state index contributed by atoms with van der Waals surface area (Å²) in [6.45, 7) is 4.85. The van der Waals surface area contributed by atoms with E-state index in [2.05, 4.69) is 5.32 Å². The summed E-state index contributed by atoms with van der Waals surface area (Å²) in [4.78, 5) is 26.0. The Morgan fingerprint density at radius 3 is 2.78 bits per heavy atom. The topological polar surface area (TPSA) is 69.6 Å². The first-order valence-corrected chi connectivity index (χ1v) is 8.34. The Bertz CT molecular complexity index is 589. The minimum Gasteiger partial charge on any atom is -0.393 e. The largest absolute Gasteiger partial charge is 0.393 e. The van der Waals surface area contributed by atoms with Gasteiger partial charge >= 0.3 is 0 Å². The second-order valence-electron chi connectivity index (χ2n) is 6.17. The van der Waals surface area contributed by atoms with Gasteiger partial charge in [-0.05, 0) is 37.0 Å². The smallest absolute Gasteiger partial charge is 0.253 e. The van der Waals surface area contributed by atoms with Crippen LogP contribution in [0.2, 0.25) is 5.02 Å². The quantitative estimate of drug-likeness (QED) is 0.837. The molecule has 1 fully saturated rings. The van der Waals surface area contributed by atoms with Crippen molar-refractivity contribution >= 4 is 29.1 Å². The molecule has 1 aromatic carbocycles. The summed E-state index contributed by atoms with van der Waals surface area (Å²) in [7, 11) is 0. The molecule has 1 heterocycles. The Morgan fingerprint density at radius 2 is 2.17 bits per heavy atom. The van der Waals surface area contributed by atoms with Crippen LogP contribution in [0.5, 0.6) is 0 Å². The first kappa shape index (κ1) is 17.8. The number of aliphatic hydroxyl groups is 1. The summed E-state index contributed by atoms with van der Waals surface area (Å²) >= 11 is 6.03. The molecule has 0 aliphatic carbocycles. The Morgan fingerprint density at radius 1 is 1.43 bits per heavy atom. The van der Waals surface area contributed by atoms with Gasteiger partial charge in [-0.3, -0.25) is 9.59 Å². The molecule has 1 atom stereocenters. The van der Waals surface area contributed by atoms with Crippen LogP contribution in [0.25, 0.3) is 0 Å². The van der Waals surface area contributed by atoms with Crippen molar-refractivity contribution in [1.29, 1.82) is 0 Å². The average molecular weight is 339 g/mol. The third kappa shape index (κ3) is 4.45. The Balaban J connectivity index is 2.09. The number of nitrogens with zero attached hydrogens (tertiary/aromatic N) is 1. The van der Waals surface area contributed by atoms with E-state index in [0.29, 0.717) is 42.2 Å². The van der Waals surface area contributed by atoms with E-state index in [9.17, 15) is 14.7 Å². The molecule has 0 spiro atoms. The van der Waals surface area contributed by atoms with Crippen LogP contribution < -0.4 is 10.2 Å². The Kier molecular flexibility index (Phi) is 6.02. The lowest BCUT2D eigenvalue weighted by Gasteiger charge is -2.20. The number of halogens is 1. The highest BCUT2D eigenvalue weighted by atomic mass is 35.5. The van der Waals surface area contributed by atoms with Gasteiger partial charge in [0.1, 0.15) is 0 Å². The van der Waals surface area contributed by atoms with E-state index in [1.54, 1.807) is 23.1 Å². The fraction of sp³-hybridized carbons (Fsp3) is 0.529. The monoisotopic (exact) mass is 338 g/mol. The van der Waals surface area contributed by atoms with Gasteiger partial charge in [0.05, 0.1) is 17.4 Å². The summed E-state index contributed by atoms with van der Waals surface area (Å²) in [5.74, 6) is -0.0934. The lowest BCUT2D eigenvalue weighted by Crippen LogP contribution is -2.31. The van der Waals surface area contributed by atoms with E-state index in [0.717, 1.165) is 6.42 Å². The van der Waals surface area contributed by atoms with Crippen LogP contribution in [0.3, 0.4) is 0 Å². The minimum absolute atomic E-state index is 0.0107. The molecule has 2 rings (SSSR count). The number of anilines is 1. The van der Waals surface area contributed by atoms with Crippen LogP contribution in [0.1, 0.15) is 43.5 Å². The van der Waals surface area contributed by atoms with Gasteiger partial charge in [-0.15, -0.1) is 0 Å². The predicted octanol–water partition coefficient (Wildman–Crippen LogP) is 2.60. The Labute approximate surface area is 141 Å². The number of benzene rings is 1. The van der Waals surface area contributed by atoms with E-state index in [1.807, 2.05) is 13.8 Å². The zero-order valence-corrected chi connectivity index (χ0v) is 14.3. The van der Waals surface area contributed by atoms with Gasteiger partial charge < -0.3 is 15.3 Å². The molecule has 0 saturated carbocycles. The highest BCUT2D eigenvalue weighted by Crippen LogP contribution is 2.28. The van der Waals surface area contributed by atoms with Crippen LogP contribution in [-0.2, 0) is 4.79 Å². The summed E-state index contributed by atoms with van der Waals surface area (Å²) < 4.78 is 0. The zero-order valence-electron chi connectivity index (χ0n) is 13.5. The first-order chi connectivity index (χ1) is 10.9. The number of amides is 2. The van der Waals surface area contributed by atoms with Crippen molar-refractivity contribution in [3.8, 4) is 0 Å². The van der Waals surface area contributed by atoms with Gasteiger partial charge in [-0.25, -0.2) is 0 Å². The first-order valence-electron chi connectivity index (χ1n) is 7.96. The third-order valence-electron chi connectivity index (χ3n) is 4.06. The molecule has 1 unspecified atom stereocenters. The number of hydrogen-bond donors (Lipinski definition) is 2. The fourth-order valence-corrected chi connectivity index (χ4v) is 2.75. The third-order valence-corrected chi connectivity index (χ3v) is 4.30. The molecule has 1 aliphatic rings. The van der Waals surface area contributed by atoms with Crippen molar-refractivity contribution in [3.05, 3.63) is 28.8 Å². The van der Waals surface area contributed by atoms with Crippen LogP contribution >= 0.6 is 11.6 Å². The lowest BCUT2D eigenvalue weighted by atomic mass is 10.0. The predicted molar refractivity (Wildman–Crippen MR) is 90.8 cm³/mol. The van der Waals surface area contributed by atoms with Gasteiger partial charge in [0, 0.05) is 24.5 Å². The number of carbonyl (C=O) groups is 2. The van der Waals surface area contributed by atoms with Gasteiger partial charge in [0.2, 0.25) is 5.91 Å². The van der Waals surface area contributed by atoms with Crippen LogP contribution in [-0.4, -0.2) is 36.1 Å². The number of rotatable bonds is 6. The second-order valence-corrected chi connectivity index (χ2v) is 6.60. The lowest BCUT2D eigenvalue weighted by molar-refractivity contribution is -0.117. The molecule has 1 saturated heterocycles. The van der Waals surface area contributed by atoms with Crippen molar-refractivity contribution in [2.45, 2.75) is 39.2 Å². The average Bonchev–Trinajstić information content (AvgIpc) is 2.92. The van der Waals surface area contributed by atoms with Gasteiger partial charge in [0.15, 0.2) is 0 Å². The molecular weight excluding hydrogens is 316 g/mol. The van der Waals surface area contributed by atoms with E-state index in [4.69, 9.17) is 11.6 Å². The van der Waals surface area contributed by atoms with Crippen molar-refractivity contribution < 1.29 is 14.7 Å². The van der Waals surface area contributed by atoms with Crippen molar-refractivity contribution in [3.63, 3.8) is 0 Å². The maximum Gasteiger partial charge on any atom is 0.253 e. The number of hydrogen-bond acceptors (Lipinski definition) is 3. The van der Waals surface area contributed by atoms with Gasteiger partial charge in [-0.1, -0.05) is 25.4 Å². The van der Waals surface area contributed by atoms with Crippen LogP contribution in [0, 0.1) is 5.92 Å². The van der Waals surface area contributed by atoms with Crippen molar-refractivity contribution in [2.24, 2.45) is 5.92 Å². The Hall–Kier alpha value is -1.59. The molecule has 1 aliphatic heterocycles. The second kappa shape index (κ2) is 7.79. The molecular formula is C17H23ClN2O3. The van der Waals surface area contributed by atoms with Crippen LogP contribution in [0.15, 0.2) is 18.2 Å². The molecule has 0 bridgehead atoms. The summed E-state index contributed by atoms with van der Waals surface area (Å²) in [5, 5.41) is 13.1. The standard InChI is InChI=1S/C17H23ClN2O3/c1-11(2)15(21)7-8-19-17(23)13-6-5-12(18)10-14(13)20-9-3-4-16(20)22/h5-6,10-11,15,21H,3-4,7-9H2,1-2H3,(H,19,23). The van der Waals surface area contributed by atoms with Gasteiger partial charge in [-0.2, -0.15) is 0 Å². The number of carbonyl (C=O) groups excluding carboxylic acids is 2. The minimum atomic E-state index is -0.444. The SMILES string of the molecule is CC(C)C(O)CCNC(=O)c1ccc(Cl)cc1N1CCCC1=O. The summed E-state index contributed by atoms with van der Waals surface area (Å²) in [5.41, 5.74) is 0.991. The maximum absolute atomic E-state index is 12.4. The zero-order chi connectivity index (χ0) is 17.0. The summed E-state index contributed by atoms with van der Waals surface area (Å²) in [6.07, 6.45) is 1.33. The molecule has 23 heavy (non-hydrogen) atoms. The van der Waals surface area contributed by atoms with Crippen molar-refractivity contribution in [1.82, 2.24) is 5.32 Å². The van der Waals surface area contributed by atoms with Crippen molar-refractivity contribution in [2.75, 3.05) is 18.0 Å². The van der Waals surface area contributed by atoms with E-state index in [-0.39, 0.29) is 17.7 Å². The number of aliphatic hydroxyl groups excluding tert-OH is 1. The van der Waals surface area contributed by atoms with E-state index in [1.165, 1.54) is 0 Å².